The molecule has 2 heterocycles. The lowest BCUT2D eigenvalue weighted by atomic mass is 9.83. The molecular formula is C26H32ClFN2O4S. The highest BCUT2D eigenvalue weighted by Gasteiger charge is 2.40. The highest BCUT2D eigenvalue weighted by molar-refractivity contribution is 7.88. The van der Waals surface area contributed by atoms with E-state index in [4.69, 9.17) is 16.3 Å². The molecule has 2 aliphatic rings. The number of para-hydroxylation sites is 1. The van der Waals surface area contributed by atoms with Gasteiger partial charge in [0.15, 0.2) is 0 Å². The molecule has 0 radical (unpaired) electrons. The molecule has 190 valence electrons. The Balaban J connectivity index is 1.40. The first kappa shape index (κ1) is 25.9. The molecule has 4 rings (SSSR count). The number of carbonyl (C=O) groups is 1. The molecule has 6 nitrogen and oxygen atoms in total. The summed E-state index contributed by atoms with van der Waals surface area (Å²) in [6, 6.07) is 11.8. The van der Waals surface area contributed by atoms with E-state index in [9.17, 15) is 17.6 Å². The second-order valence-electron chi connectivity index (χ2n) is 9.43. The first-order valence-electron chi connectivity index (χ1n) is 12.2. The van der Waals surface area contributed by atoms with Crippen LogP contribution in [-0.2, 0) is 20.6 Å². The molecule has 0 aromatic heterocycles. The van der Waals surface area contributed by atoms with Crippen molar-refractivity contribution in [2.24, 2.45) is 5.92 Å². The van der Waals surface area contributed by atoms with Gasteiger partial charge in [0.2, 0.25) is 15.9 Å². The van der Waals surface area contributed by atoms with E-state index in [0.29, 0.717) is 19.3 Å². The van der Waals surface area contributed by atoms with E-state index in [-0.39, 0.29) is 47.1 Å². The first-order chi connectivity index (χ1) is 16.7. The number of amides is 1. The lowest BCUT2D eigenvalue weighted by Gasteiger charge is -2.42. The summed E-state index contributed by atoms with van der Waals surface area (Å²) in [6.07, 6.45) is 3.19. The molecule has 0 spiro atoms. The largest absolute Gasteiger partial charge is 0.487 e. The zero-order valence-electron chi connectivity index (χ0n) is 20.1. The van der Waals surface area contributed by atoms with Gasteiger partial charge in [-0.2, -0.15) is 0 Å². The fourth-order valence-corrected chi connectivity index (χ4v) is 6.98. The highest BCUT2D eigenvalue weighted by Crippen LogP contribution is 2.43. The fourth-order valence-electron chi connectivity index (χ4n) is 5.06. The van der Waals surface area contributed by atoms with Crippen molar-refractivity contribution in [1.82, 2.24) is 9.62 Å². The molecule has 1 fully saturated rings. The van der Waals surface area contributed by atoms with Gasteiger partial charge in [0.1, 0.15) is 17.2 Å². The van der Waals surface area contributed by atoms with E-state index in [1.165, 1.54) is 22.5 Å². The number of hydrogen-bond donors (Lipinski definition) is 1. The van der Waals surface area contributed by atoms with E-state index in [1.54, 1.807) is 0 Å². The molecule has 2 aromatic rings. The monoisotopic (exact) mass is 522 g/mol. The third-order valence-corrected chi connectivity index (χ3v) is 9.57. The Morgan fingerprint density at radius 1 is 1.14 bits per heavy atom. The van der Waals surface area contributed by atoms with Gasteiger partial charge in [-0.3, -0.25) is 4.79 Å². The van der Waals surface area contributed by atoms with Gasteiger partial charge in [-0.05, 0) is 43.9 Å². The maximum absolute atomic E-state index is 14.1. The summed E-state index contributed by atoms with van der Waals surface area (Å²) in [5, 5.41) is 3.32. The Hall–Kier alpha value is -2.16. The number of sulfonamides is 1. The van der Waals surface area contributed by atoms with E-state index < -0.39 is 21.6 Å². The molecule has 0 aliphatic carbocycles. The molecule has 0 bridgehead atoms. The average molecular weight is 523 g/mol. The van der Waals surface area contributed by atoms with Gasteiger partial charge in [-0.15, -0.1) is 0 Å². The summed E-state index contributed by atoms with van der Waals surface area (Å²) in [6.45, 7) is 4.62. The minimum atomic E-state index is -3.76. The third kappa shape index (κ3) is 5.49. The summed E-state index contributed by atoms with van der Waals surface area (Å²) in [4.78, 5) is 13.2. The van der Waals surface area contributed by atoms with Crippen molar-refractivity contribution < 1.29 is 22.3 Å². The Morgan fingerprint density at radius 2 is 1.83 bits per heavy atom. The summed E-state index contributed by atoms with van der Waals surface area (Å²) < 4.78 is 47.6. The second kappa shape index (κ2) is 10.4. The lowest BCUT2D eigenvalue weighted by molar-refractivity contribution is -0.127. The third-order valence-electron chi connectivity index (χ3n) is 7.41. The Labute approximate surface area is 211 Å². The molecule has 0 saturated carbocycles. The molecule has 0 unspecified atom stereocenters. The topological polar surface area (TPSA) is 75.7 Å². The quantitative estimate of drug-likeness (QED) is 0.541. The second-order valence-corrected chi connectivity index (χ2v) is 11.8. The molecule has 35 heavy (non-hydrogen) atoms. The number of piperidine rings is 1. The summed E-state index contributed by atoms with van der Waals surface area (Å²) in [5.74, 6) is -0.680. The molecule has 1 amide bonds. The number of carbonyl (C=O) groups excluding carboxylic acids is 1. The van der Waals surface area contributed by atoms with Crippen LogP contribution in [0.25, 0.3) is 0 Å². The van der Waals surface area contributed by atoms with Crippen LogP contribution in [0, 0.1) is 11.7 Å². The van der Waals surface area contributed by atoms with E-state index in [0.717, 1.165) is 24.2 Å². The molecule has 1 N–H and O–H groups in total. The summed E-state index contributed by atoms with van der Waals surface area (Å²) in [7, 11) is -3.76. The van der Waals surface area contributed by atoms with Crippen molar-refractivity contribution in [2.75, 3.05) is 13.1 Å². The van der Waals surface area contributed by atoms with Crippen molar-refractivity contribution in [3.8, 4) is 5.75 Å². The van der Waals surface area contributed by atoms with Crippen LogP contribution in [0.2, 0.25) is 5.02 Å². The van der Waals surface area contributed by atoms with Gasteiger partial charge < -0.3 is 10.1 Å². The average Bonchev–Trinajstić information content (AvgIpc) is 2.86. The van der Waals surface area contributed by atoms with Crippen molar-refractivity contribution >= 4 is 27.5 Å². The Kier molecular flexibility index (Phi) is 7.74. The van der Waals surface area contributed by atoms with Crippen LogP contribution in [0.5, 0.6) is 5.75 Å². The summed E-state index contributed by atoms with van der Waals surface area (Å²) >= 11 is 6.02. The lowest BCUT2D eigenvalue weighted by Crippen LogP contribution is -2.47. The molecule has 1 atom stereocenters. The van der Waals surface area contributed by atoms with Crippen LogP contribution in [-0.4, -0.2) is 37.3 Å². The van der Waals surface area contributed by atoms with Gasteiger partial charge in [0, 0.05) is 41.6 Å². The minimum absolute atomic E-state index is 0.0254. The normalized spacial score (nSPS) is 20.6. The number of ether oxygens (including phenoxy) is 1. The summed E-state index contributed by atoms with van der Waals surface area (Å²) in [5.41, 5.74) is 0.625. The van der Waals surface area contributed by atoms with Crippen LogP contribution in [0.3, 0.4) is 0 Å². The fraction of sp³-hybridized carbons (Fsp3) is 0.500. The van der Waals surface area contributed by atoms with Crippen LogP contribution >= 0.6 is 11.6 Å². The van der Waals surface area contributed by atoms with Gasteiger partial charge in [-0.1, -0.05) is 49.7 Å². The maximum atomic E-state index is 14.1. The first-order valence-corrected chi connectivity index (χ1v) is 14.2. The number of rotatable bonds is 7. The van der Waals surface area contributed by atoms with Crippen LogP contribution in [0.15, 0.2) is 42.5 Å². The number of hydrogen-bond acceptors (Lipinski definition) is 4. The number of halogens is 2. The van der Waals surface area contributed by atoms with Crippen molar-refractivity contribution in [2.45, 2.75) is 63.3 Å². The zero-order chi connectivity index (χ0) is 25.2. The smallest absolute Gasteiger partial charge is 0.223 e. The SMILES string of the molecule is CCC1(CC)C[C@@H](NC(=O)C2CCN(S(=O)(=O)Cc3c(F)cccc3Cl)CC2)c2ccccc2O1. The van der Waals surface area contributed by atoms with Crippen LogP contribution in [0.1, 0.15) is 63.1 Å². The highest BCUT2D eigenvalue weighted by atomic mass is 35.5. The molecule has 2 aliphatic heterocycles. The maximum Gasteiger partial charge on any atom is 0.223 e. The number of benzene rings is 2. The Bertz CT molecular complexity index is 1160. The predicted molar refractivity (Wildman–Crippen MR) is 134 cm³/mol. The zero-order valence-corrected chi connectivity index (χ0v) is 21.7. The van der Waals surface area contributed by atoms with Gasteiger partial charge >= 0.3 is 0 Å². The minimum Gasteiger partial charge on any atom is -0.487 e. The molecular weight excluding hydrogens is 491 g/mol. The number of fused-ring (bicyclic) bond motifs is 1. The number of nitrogens with one attached hydrogen (secondary N) is 1. The van der Waals surface area contributed by atoms with E-state index in [2.05, 4.69) is 19.2 Å². The standard InChI is InChI=1S/C26H32ClFN2O4S/c1-3-26(4-2)16-23(19-8-5-6-11-24(19)34-26)29-25(31)18-12-14-30(15-13-18)35(32,33)17-20-21(27)9-7-10-22(20)28/h5-11,18,23H,3-4,12-17H2,1-2H3,(H,29,31)/t23-/m1/s1. The van der Waals surface area contributed by atoms with Crippen molar-refractivity contribution in [3.05, 3.63) is 64.4 Å². The van der Waals surface area contributed by atoms with Gasteiger partial charge in [-0.25, -0.2) is 17.1 Å². The van der Waals surface area contributed by atoms with Crippen molar-refractivity contribution in [1.29, 1.82) is 0 Å². The Morgan fingerprint density at radius 3 is 2.49 bits per heavy atom. The van der Waals surface area contributed by atoms with Gasteiger partial charge in [0.05, 0.1) is 11.8 Å². The molecule has 1 saturated heterocycles. The van der Waals surface area contributed by atoms with Crippen LogP contribution < -0.4 is 10.1 Å². The van der Waals surface area contributed by atoms with Crippen molar-refractivity contribution in [3.63, 3.8) is 0 Å². The van der Waals surface area contributed by atoms with E-state index in [1.807, 2.05) is 24.3 Å². The van der Waals surface area contributed by atoms with Gasteiger partial charge in [0.25, 0.3) is 0 Å². The number of nitrogens with zero attached hydrogens (tertiary/aromatic N) is 1. The van der Waals surface area contributed by atoms with E-state index >= 15 is 0 Å². The van der Waals surface area contributed by atoms with Crippen LogP contribution in [0.4, 0.5) is 4.39 Å². The predicted octanol–water partition coefficient (Wildman–Crippen LogP) is 5.22. The molecule has 9 heteroatoms. The molecule has 2 aromatic carbocycles.